The van der Waals surface area contributed by atoms with Crippen LogP contribution in [0.1, 0.15) is 17.5 Å². The van der Waals surface area contributed by atoms with Crippen LogP contribution in [-0.2, 0) is 22.2 Å². The summed E-state index contributed by atoms with van der Waals surface area (Å²) in [5.41, 5.74) is 0.490. The van der Waals surface area contributed by atoms with E-state index in [1.54, 1.807) is 0 Å². The van der Waals surface area contributed by atoms with E-state index < -0.39 is 28.7 Å². The first-order chi connectivity index (χ1) is 17.2. The number of halogens is 4. The Bertz CT molecular complexity index is 1260. The molecule has 5 nitrogen and oxygen atoms in total. The lowest BCUT2D eigenvalue weighted by molar-refractivity contribution is -0.137. The van der Waals surface area contributed by atoms with Crippen LogP contribution in [0.5, 0.6) is 0 Å². The Morgan fingerprint density at radius 3 is 2.44 bits per heavy atom. The van der Waals surface area contributed by atoms with Crippen molar-refractivity contribution in [2.24, 2.45) is 4.99 Å². The molecular formula is C26H21F4N3O2S. The quantitative estimate of drug-likeness (QED) is 0.407. The number of carbonyl (C=O) groups is 2. The molecule has 1 fully saturated rings. The maximum atomic E-state index is 13.2. The predicted octanol–water partition coefficient (Wildman–Crippen LogP) is 6.05. The summed E-state index contributed by atoms with van der Waals surface area (Å²) in [5.74, 6) is -1.31. The monoisotopic (exact) mass is 515 g/mol. The first-order valence-electron chi connectivity index (χ1n) is 11.0. The standard InChI is InChI=1S/C26H21F4N3O2S/c27-19-9-11-20(12-10-19)31-24(35)22-16-23(34)33(14-13-17-5-2-1-3-6-17)25(36-22)32-21-8-4-7-18(15-21)26(28,29)30/h1-12,15,22H,13-14,16H2,(H,31,35). The molecule has 1 N–H and O–H groups in total. The van der Waals surface area contributed by atoms with Gasteiger partial charge in [-0.3, -0.25) is 14.5 Å². The molecule has 0 bridgehead atoms. The molecule has 1 saturated heterocycles. The number of anilines is 1. The molecule has 0 radical (unpaired) electrons. The number of nitrogens with one attached hydrogen (secondary N) is 1. The zero-order valence-electron chi connectivity index (χ0n) is 18.8. The largest absolute Gasteiger partial charge is 0.416 e. The number of aliphatic imine (C=N–C) groups is 1. The van der Waals surface area contributed by atoms with Crippen LogP contribution in [0.25, 0.3) is 0 Å². The first kappa shape index (κ1) is 25.4. The maximum Gasteiger partial charge on any atom is 0.416 e. The molecule has 3 aromatic rings. The van der Waals surface area contributed by atoms with E-state index in [1.807, 2.05) is 30.3 Å². The van der Waals surface area contributed by atoms with E-state index in [1.165, 1.54) is 41.3 Å². The molecule has 4 rings (SSSR count). The molecule has 1 unspecified atom stereocenters. The number of amides is 2. The van der Waals surface area contributed by atoms with E-state index in [0.717, 1.165) is 29.5 Å². The van der Waals surface area contributed by atoms with Gasteiger partial charge < -0.3 is 5.32 Å². The Balaban J connectivity index is 1.59. The number of hydrogen-bond donors (Lipinski definition) is 1. The molecule has 36 heavy (non-hydrogen) atoms. The molecule has 1 aliphatic heterocycles. The molecule has 0 aliphatic carbocycles. The molecule has 0 aromatic heterocycles. The van der Waals surface area contributed by atoms with Crippen LogP contribution in [0.4, 0.5) is 28.9 Å². The maximum absolute atomic E-state index is 13.2. The average Bonchev–Trinajstić information content (AvgIpc) is 2.85. The number of alkyl halides is 3. The Labute approximate surface area is 209 Å². The topological polar surface area (TPSA) is 61.8 Å². The third-order valence-electron chi connectivity index (χ3n) is 5.41. The van der Waals surface area contributed by atoms with Gasteiger partial charge in [-0.2, -0.15) is 13.2 Å². The highest BCUT2D eigenvalue weighted by Gasteiger charge is 2.36. The van der Waals surface area contributed by atoms with E-state index in [4.69, 9.17) is 0 Å². The van der Waals surface area contributed by atoms with Crippen LogP contribution in [0.3, 0.4) is 0 Å². The van der Waals surface area contributed by atoms with Crippen LogP contribution >= 0.6 is 11.8 Å². The van der Waals surface area contributed by atoms with Crippen molar-refractivity contribution in [3.63, 3.8) is 0 Å². The van der Waals surface area contributed by atoms with Crippen molar-refractivity contribution in [1.82, 2.24) is 4.90 Å². The van der Waals surface area contributed by atoms with Gasteiger partial charge in [0.05, 0.1) is 11.3 Å². The summed E-state index contributed by atoms with van der Waals surface area (Å²) in [7, 11) is 0. The van der Waals surface area contributed by atoms with Gasteiger partial charge in [-0.1, -0.05) is 48.2 Å². The second kappa shape index (κ2) is 10.9. The van der Waals surface area contributed by atoms with Gasteiger partial charge in [-0.15, -0.1) is 0 Å². The SMILES string of the molecule is O=C(Nc1ccc(F)cc1)C1CC(=O)N(CCc2ccccc2)C(=Nc2cccc(C(F)(F)F)c2)S1. The second-order valence-corrected chi connectivity index (χ2v) is 9.20. The molecule has 0 spiro atoms. The number of amidine groups is 1. The average molecular weight is 516 g/mol. The summed E-state index contributed by atoms with van der Waals surface area (Å²) in [5, 5.41) is 1.92. The van der Waals surface area contributed by atoms with E-state index in [2.05, 4.69) is 10.3 Å². The molecule has 1 atom stereocenters. The molecule has 0 saturated carbocycles. The highest BCUT2D eigenvalue weighted by molar-refractivity contribution is 8.15. The lowest BCUT2D eigenvalue weighted by atomic mass is 10.1. The Hall–Kier alpha value is -3.66. The van der Waals surface area contributed by atoms with Crippen LogP contribution in [0, 0.1) is 5.82 Å². The number of hydrogen-bond acceptors (Lipinski definition) is 4. The fourth-order valence-corrected chi connectivity index (χ4v) is 4.69. The number of thioether (sulfide) groups is 1. The molecule has 2 amide bonds. The minimum absolute atomic E-state index is 0.0180. The van der Waals surface area contributed by atoms with Crippen LogP contribution in [0.15, 0.2) is 83.9 Å². The lowest BCUT2D eigenvalue weighted by Crippen LogP contribution is -2.46. The van der Waals surface area contributed by atoms with Crippen LogP contribution < -0.4 is 5.32 Å². The van der Waals surface area contributed by atoms with Crippen molar-refractivity contribution in [2.75, 3.05) is 11.9 Å². The van der Waals surface area contributed by atoms with Crippen molar-refractivity contribution >= 4 is 40.1 Å². The fourth-order valence-electron chi connectivity index (χ4n) is 3.57. The third-order valence-corrected chi connectivity index (χ3v) is 6.60. The van der Waals surface area contributed by atoms with Crippen molar-refractivity contribution < 1.29 is 27.2 Å². The van der Waals surface area contributed by atoms with Gasteiger partial charge in [0, 0.05) is 18.7 Å². The smallest absolute Gasteiger partial charge is 0.325 e. The fraction of sp³-hybridized carbons (Fsp3) is 0.192. The number of rotatable bonds is 6. The van der Waals surface area contributed by atoms with Gasteiger partial charge >= 0.3 is 6.18 Å². The van der Waals surface area contributed by atoms with Crippen molar-refractivity contribution in [2.45, 2.75) is 24.3 Å². The summed E-state index contributed by atoms with van der Waals surface area (Å²) in [6, 6.07) is 19.1. The van der Waals surface area contributed by atoms with E-state index >= 15 is 0 Å². The van der Waals surface area contributed by atoms with E-state index in [0.29, 0.717) is 12.1 Å². The normalized spacial score (nSPS) is 17.3. The minimum atomic E-state index is -4.55. The highest BCUT2D eigenvalue weighted by atomic mass is 32.2. The number of benzene rings is 3. The van der Waals surface area contributed by atoms with Crippen molar-refractivity contribution in [3.05, 3.63) is 95.8 Å². The summed E-state index contributed by atoms with van der Waals surface area (Å²) in [6.45, 7) is 0.250. The summed E-state index contributed by atoms with van der Waals surface area (Å²) >= 11 is 1.00. The number of nitrogens with zero attached hydrogens (tertiary/aromatic N) is 2. The minimum Gasteiger partial charge on any atom is -0.325 e. The van der Waals surface area contributed by atoms with Crippen molar-refractivity contribution in [3.8, 4) is 0 Å². The molecule has 1 aliphatic rings. The van der Waals surface area contributed by atoms with Gasteiger partial charge in [0.2, 0.25) is 11.8 Å². The zero-order valence-corrected chi connectivity index (χ0v) is 19.7. The Kier molecular flexibility index (Phi) is 7.73. The van der Waals surface area contributed by atoms with Gasteiger partial charge in [-0.05, 0) is 54.4 Å². The first-order valence-corrected chi connectivity index (χ1v) is 11.9. The second-order valence-electron chi connectivity index (χ2n) is 8.03. The summed E-state index contributed by atoms with van der Waals surface area (Å²) in [4.78, 5) is 31.7. The van der Waals surface area contributed by atoms with Gasteiger partial charge in [0.25, 0.3) is 0 Å². The summed E-state index contributed by atoms with van der Waals surface area (Å²) < 4.78 is 52.8. The highest BCUT2D eigenvalue weighted by Crippen LogP contribution is 2.34. The van der Waals surface area contributed by atoms with E-state index in [-0.39, 0.29) is 29.7 Å². The molecule has 10 heteroatoms. The van der Waals surface area contributed by atoms with Gasteiger partial charge in [-0.25, -0.2) is 9.38 Å². The summed E-state index contributed by atoms with van der Waals surface area (Å²) in [6.07, 6.45) is -4.16. The predicted molar refractivity (Wildman–Crippen MR) is 131 cm³/mol. The third kappa shape index (κ3) is 6.51. The molecule has 1 heterocycles. The van der Waals surface area contributed by atoms with Crippen LogP contribution in [0.2, 0.25) is 0 Å². The van der Waals surface area contributed by atoms with E-state index in [9.17, 15) is 27.2 Å². The molecule has 3 aromatic carbocycles. The lowest BCUT2D eigenvalue weighted by Gasteiger charge is -2.32. The van der Waals surface area contributed by atoms with Gasteiger partial charge in [0.15, 0.2) is 5.17 Å². The molecule has 186 valence electrons. The van der Waals surface area contributed by atoms with Gasteiger partial charge in [0.1, 0.15) is 11.1 Å². The van der Waals surface area contributed by atoms with Crippen LogP contribution in [-0.4, -0.2) is 33.7 Å². The zero-order chi connectivity index (χ0) is 25.7. The Morgan fingerprint density at radius 2 is 1.75 bits per heavy atom. The number of carbonyl (C=O) groups excluding carboxylic acids is 2. The van der Waals surface area contributed by atoms with Crippen molar-refractivity contribution in [1.29, 1.82) is 0 Å². The molecular weight excluding hydrogens is 494 g/mol. The Morgan fingerprint density at radius 1 is 1.03 bits per heavy atom.